The van der Waals surface area contributed by atoms with Crippen molar-refractivity contribution in [2.75, 3.05) is 26.5 Å². The molecule has 120 valence electrons. The molecule has 0 amide bonds. The van der Waals surface area contributed by atoms with Crippen LogP contribution >= 0.6 is 7.60 Å². The maximum atomic E-state index is 13.1. The largest absolute Gasteiger partial charge is 0.353 e. The highest BCUT2D eigenvalue weighted by molar-refractivity contribution is 7.88. The first-order valence-corrected chi connectivity index (χ1v) is 10.1. The fourth-order valence-corrected chi connectivity index (χ4v) is 5.29. The van der Waals surface area contributed by atoms with Crippen LogP contribution in [-0.2, 0) is 23.6 Å². The Morgan fingerprint density at radius 2 is 1.62 bits per heavy atom. The molecule has 0 aliphatic heterocycles. The lowest BCUT2D eigenvalue weighted by Crippen LogP contribution is -2.31. The molecule has 0 aromatic heterocycles. The average molecular weight is 335 g/mol. The van der Waals surface area contributed by atoms with Gasteiger partial charge >= 0.3 is 7.60 Å². The summed E-state index contributed by atoms with van der Waals surface area (Å²) in [5, 5.41) is 0. The van der Waals surface area contributed by atoms with E-state index in [1.54, 1.807) is 44.2 Å². The second kappa shape index (κ2) is 7.51. The number of sulfonamides is 1. The van der Waals surface area contributed by atoms with Gasteiger partial charge in [0.2, 0.25) is 10.0 Å². The van der Waals surface area contributed by atoms with Crippen molar-refractivity contribution in [1.82, 2.24) is 4.31 Å². The standard InChI is InChI=1S/C13H22NO5PS/c1-5-18-20(15,19-6-2)13(14(3)21(4,16)17)12-10-8-7-9-11-12/h7-11,13H,5-6H2,1-4H3/t13-/m0/s1. The highest BCUT2D eigenvalue weighted by Crippen LogP contribution is 2.62. The summed E-state index contributed by atoms with van der Waals surface area (Å²) in [5.41, 5.74) is 0.565. The Labute approximate surface area is 126 Å². The Morgan fingerprint density at radius 3 is 2.00 bits per heavy atom. The van der Waals surface area contributed by atoms with Crippen LogP contribution in [0.3, 0.4) is 0 Å². The van der Waals surface area contributed by atoms with Crippen LogP contribution in [0.15, 0.2) is 30.3 Å². The van der Waals surface area contributed by atoms with Crippen molar-refractivity contribution in [1.29, 1.82) is 0 Å². The molecule has 0 bridgehead atoms. The molecule has 21 heavy (non-hydrogen) atoms. The Bertz CT molecular complexity index is 580. The van der Waals surface area contributed by atoms with Gasteiger partial charge in [0.15, 0.2) is 5.78 Å². The van der Waals surface area contributed by atoms with Crippen molar-refractivity contribution < 1.29 is 22.0 Å². The van der Waals surface area contributed by atoms with Gasteiger partial charge in [0.05, 0.1) is 19.5 Å². The zero-order valence-corrected chi connectivity index (χ0v) is 14.4. The maximum absolute atomic E-state index is 13.1. The van der Waals surface area contributed by atoms with Crippen molar-refractivity contribution in [3.63, 3.8) is 0 Å². The monoisotopic (exact) mass is 335 g/mol. The fourth-order valence-electron chi connectivity index (χ4n) is 1.94. The van der Waals surface area contributed by atoms with Gasteiger partial charge in [0.1, 0.15) is 0 Å². The third kappa shape index (κ3) is 4.63. The molecule has 6 nitrogen and oxygen atoms in total. The number of rotatable bonds is 8. The summed E-state index contributed by atoms with van der Waals surface area (Å²) in [6, 6.07) is 8.71. The molecule has 0 saturated heterocycles. The first-order chi connectivity index (χ1) is 9.76. The fraction of sp³-hybridized carbons (Fsp3) is 0.538. The molecule has 1 rings (SSSR count). The van der Waals surface area contributed by atoms with Crippen LogP contribution in [0.4, 0.5) is 0 Å². The molecule has 1 aromatic rings. The molecule has 1 atom stereocenters. The van der Waals surface area contributed by atoms with Crippen molar-refractivity contribution >= 4 is 17.6 Å². The molecular formula is C13H22NO5PS. The van der Waals surface area contributed by atoms with E-state index in [0.29, 0.717) is 5.56 Å². The highest BCUT2D eigenvalue weighted by Gasteiger charge is 2.42. The van der Waals surface area contributed by atoms with E-state index in [-0.39, 0.29) is 13.2 Å². The van der Waals surface area contributed by atoms with Crippen LogP contribution in [-0.4, -0.2) is 39.2 Å². The lowest BCUT2D eigenvalue weighted by atomic mass is 10.2. The van der Waals surface area contributed by atoms with Gasteiger partial charge in [-0.1, -0.05) is 30.3 Å². The third-order valence-corrected chi connectivity index (χ3v) is 6.78. The Balaban J connectivity index is 3.40. The molecule has 0 unspecified atom stereocenters. The topological polar surface area (TPSA) is 72.9 Å². The van der Waals surface area contributed by atoms with Crippen LogP contribution < -0.4 is 0 Å². The van der Waals surface area contributed by atoms with Crippen molar-refractivity contribution in [2.24, 2.45) is 0 Å². The maximum Gasteiger partial charge on any atom is 0.353 e. The highest BCUT2D eigenvalue weighted by atomic mass is 32.2. The molecule has 8 heteroatoms. The minimum absolute atomic E-state index is 0.165. The number of hydrogen-bond acceptors (Lipinski definition) is 5. The van der Waals surface area contributed by atoms with E-state index in [1.165, 1.54) is 7.05 Å². The van der Waals surface area contributed by atoms with Gasteiger partial charge in [0.25, 0.3) is 0 Å². The van der Waals surface area contributed by atoms with Crippen LogP contribution in [0, 0.1) is 0 Å². The molecule has 0 N–H and O–H groups in total. The first kappa shape index (κ1) is 18.3. The molecule has 0 radical (unpaired) electrons. The van der Waals surface area contributed by atoms with E-state index in [0.717, 1.165) is 10.6 Å². The second-order valence-electron chi connectivity index (χ2n) is 4.44. The summed E-state index contributed by atoms with van der Waals surface area (Å²) in [6.07, 6.45) is 1.06. The quantitative estimate of drug-likeness (QED) is 0.683. The Kier molecular flexibility index (Phi) is 6.56. The molecule has 1 aromatic carbocycles. The summed E-state index contributed by atoms with van der Waals surface area (Å²) in [4.78, 5) is 0. The lowest BCUT2D eigenvalue weighted by Gasteiger charge is -2.32. The minimum atomic E-state index is -3.66. The average Bonchev–Trinajstić information content (AvgIpc) is 2.39. The molecule has 0 heterocycles. The number of nitrogens with zero attached hydrogens (tertiary/aromatic N) is 1. The van der Waals surface area contributed by atoms with Crippen LogP contribution in [0.25, 0.3) is 0 Å². The molecule has 0 fully saturated rings. The molecule has 0 aliphatic carbocycles. The lowest BCUT2D eigenvalue weighted by molar-refractivity contribution is 0.197. The molecule has 0 spiro atoms. The van der Waals surface area contributed by atoms with Gasteiger partial charge < -0.3 is 9.05 Å². The zero-order valence-electron chi connectivity index (χ0n) is 12.7. The van der Waals surface area contributed by atoms with Gasteiger partial charge in [-0.15, -0.1) is 0 Å². The zero-order chi connectivity index (χ0) is 16.1. The van der Waals surface area contributed by atoms with Gasteiger partial charge in [-0.25, -0.2) is 8.42 Å². The van der Waals surface area contributed by atoms with Gasteiger partial charge in [-0.05, 0) is 19.4 Å². The second-order valence-corrected chi connectivity index (χ2v) is 8.57. The molecular weight excluding hydrogens is 313 g/mol. The molecule has 0 aliphatic rings. The summed E-state index contributed by atoms with van der Waals surface area (Å²) < 4.78 is 48.5. The van der Waals surface area contributed by atoms with Gasteiger partial charge in [-0.2, -0.15) is 4.31 Å². The third-order valence-electron chi connectivity index (χ3n) is 2.88. The van der Waals surface area contributed by atoms with E-state index in [1.807, 2.05) is 0 Å². The van der Waals surface area contributed by atoms with E-state index in [2.05, 4.69) is 0 Å². The van der Waals surface area contributed by atoms with Crippen LogP contribution in [0.2, 0.25) is 0 Å². The summed E-state index contributed by atoms with van der Waals surface area (Å²) >= 11 is 0. The van der Waals surface area contributed by atoms with E-state index >= 15 is 0 Å². The van der Waals surface area contributed by atoms with E-state index in [4.69, 9.17) is 9.05 Å². The smallest absolute Gasteiger partial charge is 0.308 e. The predicted octanol–water partition coefficient (Wildman–Crippen LogP) is 2.84. The number of benzene rings is 1. The van der Waals surface area contributed by atoms with Gasteiger partial charge in [-0.3, -0.25) is 4.57 Å². The van der Waals surface area contributed by atoms with Crippen LogP contribution in [0.5, 0.6) is 0 Å². The van der Waals surface area contributed by atoms with Gasteiger partial charge in [0, 0.05) is 7.05 Å². The predicted molar refractivity (Wildman–Crippen MR) is 82.6 cm³/mol. The summed E-state index contributed by atoms with van der Waals surface area (Å²) in [5.74, 6) is -1.01. The number of hydrogen-bond donors (Lipinski definition) is 0. The van der Waals surface area contributed by atoms with Crippen molar-refractivity contribution in [3.8, 4) is 0 Å². The Hall–Kier alpha value is -0.720. The van der Waals surface area contributed by atoms with E-state index in [9.17, 15) is 13.0 Å². The SMILES string of the molecule is CCOP(=O)(OCC)[C@@H](c1ccccc1)N(C)S(C)(=O)=O. The normalized spacial score (nSPS) is 14.3. The molecule has 0 saturated carbocycles. The van der Waals surface area contributed by atoms with Crippen molar-refractivity contribution in [2.45, 2.75) is 19.6 Å². The van der Waals surface area contributed by atoms with E-state index < -0.39 is 23.4 Å². The van der Waals surface area contributed by atoms with Crippen LogP contribution in [0.1, 0.15) is 25.2 Å². The Morgan fingerprint density at radius 1 is 1.14 bits per heavy atom. The summed E-state index contributed by atoms with van der Waals surface area (Å²) in [7, 11) is -5.85. The minimum Gasteiger partial charge on any atom is -0.308 e. The first-order valence-electron chi connectivity index (χ1n) is 6.63. The summed E-state index contributed by atoms with van der Waals surface area (Å²) in [6.45, 7) is 3.71. The van der Waals surface area contributed by atoms with Crippen molar-refractivity contribution in [3.05, 3.63) is 35.9 Å².